The van der Waals surface area contributed by atoms with Gasteiger partial charge in [-0.1, -0.05) is 27.2 Å². The van der Waals surface area contributed by atoms with Crippen LogP contribution in [0.3, 0.4) is 0 Å². The van der Waals surface area contributed by atoms with Gasteiger partial charge in [-0.2, -0.15) is 0 Å². The molecule has 3 nitrogen and oxygen atoms in total. The number of halogens is 2. The molecule has 1 unspecified atom stereocenters. The average molecular weight is 298 g/mol. The van der Waals surface area contributed by atoms with Gasteiger partial charge in [0.2, 0.25) is 0 Å². The molecule has 0 aromatic heterocycles. The Labute approximate surface area is 125 Å². The second kappa shape index (κ2) is 7.96. The van der Waals surface area contributed by atoms with E-state index in [0.717, 1.165) is 25.0 Å². The van der Waals surface area contributed by atoms with Gasteiger partial charge >= 0.3 is 0 Å². The maximum absolute atomic E-state index is 13.9. The highest BCUT2D eigenvalue weighted by atomic mass is 19.1. The number of benzene rings is 1. The maximum Gasteiger partial charge on any atom is 0.253 e. The molecular formula is C16H24F2N2O. The van der Waals surface area contributed by atoms with E-state index >= 15 is 0 Å². The summed E-state index contributed by atoms with van der Waals surface area (Å²) in [6.45, 7) is 7.02. The fourth-order valence-electron chi connectivity index (χ4n) is 2.02. The molecule has 0 fully saturated rings. The van der Waals surface area contributed by atoms with Crippen LogP contribution in [0.5, 0.6) is 0 Å². The van der Waals surface area contributed by atoms with Crippen LogP contribution in [0, 0.1) is 17.6 Å². The smallest absolute Gasteiger partial charge is 0.253 e. The van der Waals surface area contributed by atoms with Crippen molar-refractivity contribution in [2.75, 3.05) is 25.5 Å². The lowest BCUT2D eigenvalue weighted by molar-refractivity contribution is 0.0774. The van der Waals surface area contributed by atoms with Crippen LogP contribution >= 0.6 is 0 Å². The fraction of sp³-hybridized carbons (Fsp3) is 0.562. The molecule has 0 aliphatic rings. The summed E-state index contributed by atoms with van der Waals surface area (Å²) in [6.07, 6.45) is 1.71. The molecule has 1 atom stereocenters. The molecule has 1 amide bonds. The van der Waals surface area contributed by atoms with Crippen LogP contribution in [0.2, 0.25) is 0 Å². The van der Waals surface area contributed by atoms with Crippen molar-refractivity contribution < 1.29 is 13.6 Å². The monoisotopic (exact) mass is 298 g/mol. The van der Waals surface area contributed by atoms with E-state index in [2.05, 4.69) is 5.32 Å². The number of rotatable bonds is 7. The number of nitrogens with zero attached hydrogens (tertiary/aromatic N) is 1. The first-order chi connectivity index (χ1) is 9.90. The van der Waals surface area contributed by atoms with Crippen molar-refractivity contribution in [3.63, 3.8) is 0 Å². The predicted molar refractivity (Wildman–Crippen MR) is 81.6 cm³/mol. The van der Waals surface area contributed by atoms with Gasteiger partial charge < -0.3 is 10.2 Å². The Morgan fingerprint density at radius 2 is 1.86 bits per heavy atom. The topological polar surface area (TPSA) is 32.3 Å². The summed E-state index contributed by atoms with van der Waals surface area (Å²) in [5.74, 6) is -1.48. The number of nitrogens with one attached hydrogen (secondary N) is 1. The van der Waals surface area contributed by atoms with E-state index in [0.29, 0.717) is 19.0 Å². The van der Waals surface area contributed by atoms with Crippen molar-refractivity contribution in [1.82, 2.24) is 4.90 Å². The third-order valence-electron chi connectivity index (χ3n) is 3.47. The molecule has 0 radical (unpaired) electrons. The molecule has 1 aromatic rings. The first kappa shape index (κ1) is 17.4. The maximum atomic E-state index is 13.9. The molecule has 21 heavy (non-hydrogen) atoms. The Kier molecular flexibility index (Phi) is 6.59. The molecule has 0 aliphatic carbocycles. The van der Waals surface area contributed by atoms with E-state index in [1.54, 1.807) is 7.05 Å². The fourth-order valence-corrected chi connectivity index (χ4v) is 2.02. The van der Waals surface area contributed by atoms with Gasteiger partial charge in [-0.25, -0.2) is 8.78 Å². The van der Waals surface area contributed by atoms with Crippen molar-refractivity contribution in [2.24, 2.45) is 5.92 Å². The molecule has 0 saturated heterocycles. The summed E-state index contributed by atoms with van der Waals surface area (Å²) in [6, 6.07) is 2.19. The Hall–Kier alpha value is -1.65. The van der Waals surface area contributed by atoms with Crippen LogP contribution < -0.4 is 5.32 Å². The lowest BCUT2D eigenvalue weighted by Crippen LogP contribution is -2.31. The number of amides is 1. The highest BCUT2D eigenvalue weighted by Gasteiger charge is 2.18. The van der Waals surface area contributed by atoms with E-state index in [4.69, 9.17) is 0 Å². The van der Waals surface area contributed by atoms with Crippen LogP contribution in [-0.4, -0.2) is 30.9 Å². The minimum absolute atomic E-state index is 0.0397. The van der Waals surface area contributed by atoms with Crippen molar-refractivity contribution in [3.05, 3.63) is 29.3 Å². The van der Waals surface area contributed by atoms with Gasteiger partial charge in [0.05, 0.1) is 0 Å². The Morgan fingerprint density at radius 1 is 1.29 bits per heavy atom. The zero-order valence-corrected chi connectivity index (χ0v) is 13.2. The summed E-state index contributed by atoms with van der Waals surface area (Å²) in [7, 11) is 1.65. The molecule has 5 heteroatoms. The minimum Gasteiger partial charge on any atom is -0.380 e. The Bertz CT molecular complexity index is 468. The van der Waals surface area contributed by atoms with Gasteiger partial charge in [0.1, 0.15) is 17.3 Å². The van der Waals surface area contributed by atoms with E-state index in [1.165, 1.54) is 4.90 Å². The predicted octanol–water partition coefficient (Wildman–Crippen LogP) is 3.90. The number of anilines is 1. The molecule has 1 N–H and O–H groups in total. The van der Waals surface area contributed by atoms with Crippen molar-refractivity contribution in [1.29, 1.82) is 0 Å². The number of hydrogen-bond acceptors (Lipinski definition) is 2. The largest absolute Gasteiger partial charge is 0.380 e. The number of hydrogen-bond donors (Lipinski definition) is 1. The minimum atomic E-state index is -0.733. The molecule has 0 bridgehead atoms. The Morgan fingerprint density at radius 3 is 2.33 bits per heavy atom. The van der Waals surface area contributed by atoms with Gasteiger partial charge in [-0.15, -0.1) is 0 Å². The van der Waals surface area contributed by atoms with Crippen molar-refractivity contribution >= 4 is 11.6 Å². The van der Waals surface area contributed by atoms with Gasteiger partial charge in [0.25, 0.3) is 5.91 Å². The second-order valence-electron chi connectivity index (χ2n) is 5.44. The molecule has 0 saturated carbocycles. The second-order valence-corrected chi connectivity index (χ2v) is 5.44. The average Bonchev–Trinajstić information content (AvgIpc) is 2.45. The molecule has 0 spiro atoms. The SMILES string of the molecule is CCCNc1c(F)cc(C(=O)N(C)CC(C)CC)cc1F. The number of carbonyl (C=O) groups is 1. The third kappa shape index (κ3) is 4.69. The summed E-state index contributed by atoms with van der Waals surface area (Å²) in [5, 5.41) is 2.69. The number of carbonyl (C=O) groups excluding carboxylic acids is 1. The standard InChI is InChI=1S/C16H24F2N2O/c1-5-7-19-15-13(17)8-12(9-14(15)18)16(21)20(4)10-11(3)6-2/h8-9,11,19H,5-7,10H2,1-4H3. The van der Waals surface area contributed by atoms with Crippen molar-refractivity contribution in [3.8, 4) is 0 Å². The van der Waals surface area contributed by atoms with Crippen molar-refractivity contribution in [2.45, 2.75) is 33.6 Å². The molecule has 1 aromatic carbocycles. The third-order valence-corrected chi connectivity index (χ3v) is 3.47. The molecule has 0 heterocycles. The van der Waals surface area contributed by atoms with Crippen LogP contribution in [-0.2, 0) is 0 Å². The first-order valence-electron chi connectivity index (χ1n) is 7.39. The normalized spacial score (nSPS) is 12.1. The van der Waals surface area contributed by atoms with Gasteiger partial charge in [-0.05, 0) is 24.5 Å². The molecule has 118 valence electrons. The van der Waals surface area contributed by atoms with Crippen LogP contribution in [0.15, 0.2) is 12.1 Å². The molecule has 0 aliphatic heterocycles. The van der Waals surface area contributed by atoms with E-state index in [1.807, 2.05) is 20.8 Å². The molecular weight excluding hydrogens is 274 g/mol. The van der Waals surface area contributed by atoms with E-state index in [-0.39, 0.29) is 17.2 Å². The van der Waals surface area contributed by atoms with Gasteiger partial charge in [-0.3, -0.25) is 4.79 Å². The van der Waals surface area contributed by atoms with Crippen LogP contribution in [0.25, 0.3) is 0 Å². The highest BCUT2D eigenvalue weighted by molar-refractivity contribution is 5.94. The summed E-state index contributed by atoms with van der Waals surface area (Å²) >= 11 is 0. The Balaban J connectivity index is 2.91. The first-order valence-corrected chi connectivity index (χ1v) is 7.39. The quantitative estimate of drug-likeness (QED) is 0.828. The van der Waals surface area contributed by atoms with Crippen LogP contribution in [0.1, 0.15) is 44.0 Å². The lowest BCUT2D eigenvalue weighted by atomic mass is 10.1. The summed E-state index contributed by atoms with van der Waals surface area (Å²) in [5.41, 5.74) is -0.129. The zero-order valence-electron chi connectivity index (χ0n) is 13.2. The van der Waals surface area contributed by atoms with Gasteiger partial charge in [0, 0.05) is 25.7 Å². The molecule has 1 rings (SSSR count). The van der Waals surface area contributed by atoms with E-state index in [9.17, 15) is 13.6 Å². The van der Waals surface area contributed by atoms with Gasteiger partial charge in [0.15, 0.2) is 0 Å². The lowest BCUT2D eigenvalue weighted by Gasteiger charge is -2.21. The zero-order chi connectivity index (χ0) is 16.0. The van der Waals surface area contributed by atoms with E-state index < -0.39 is 11.6 Å². The summed E-state index contributed by atoms with van der Waals surface area (Å²) in [4.78, 5) is 13.7. The summed E-state index contributed by atoms with van der Waals surface area (Å²) < 4.78 is 27.8. The highest BCUT2D eigenvalue weighted by Crippen LogP contribution is 2.22. The van der Waals surface area contributed by atoms with Crippen LogP contribution in [0.4, 0.5) is 14.5 Å².